The second-order valence-electron chi connectivity index (χ2n) is 3.62. The van der Waals surface area contributed by atoms with E-state index in [0.717, 1.165) is 6.26 Å². The molecular formula is C11H11Cl2NO3S. The zero-order valence-corrected chi connectivity index (χ0v) is 11.9. The molecule has 0 fully saturated rings. The van der Waals surface area contributed by atoms with Crippen molar-refractivity contribution in [3.8, 4) is 0 Å². The van der Waals surface area contributed by atoms with Crippen molar-refractivity contribution in [1.29, 1.82) is 0 Å². The Balaban J connectivity index is 3.06. The number of sulfone groups is 1. The summed E-state index contributed by atoms with van der Waals surface area (Å²) in [5.41, 5.74) is 0.192. The average Bonchev–Trinajstić information content (AvgIpc) is 2.24. The maximum Gasteiger partial charge on any atom is 0.251 e. The molecule has 1 aromatic carbocycles. The van der Waals surface area contributed by atoms with E-state index in [1.807, 2.05) is 0 Å². The molecular weight excluding hydrogens is 297 g/mol. The highest BCUT2D eigenvalue weighted by Gasteiger charge is 2.15. The highest BCUT2D eigenvalue weighted by atomic mass is 35.5. The molecule has 0 saturated heterocycles. The number of carbonyl (C=O) groups is 1. The Morgan fingerprint density at radius 1 is 1.44 bits per heavy atom. The standard InChI is InChI=1S/C11H11Cl2NO3S/c1-7(12)6-14-11(15)8-3-4-9(13)10(5-8)18(2,16)17/h3-5H,1,6H2,2H3,(H,14,15). The molecule has 0 radical (unpaired) electrons. The molecule has 0 aliphatic rings. The van der Waals surface area contributed by atoms with Crippen molar-refractivity contribution < 1.29 is 13.2 Å². The number of amides is 1. The first-order chi connectivity index (χ1) is 8.21. The van der Waals surface area contributed by atoms with Crippen LogP contribution in [0.2, 0.25) is 5.02 Å². The van der Waals surface area contributed by atoms with Gasteiger partial charge >= 0.3 is 0 Å². The normalized spacial score (nSPS) is 11.1. The van der Waals surface area contributed by atoms with Crippen LogP contribution in [-0.2, 0) is 9.84 Å². The van der Waals surface area contributed by atoms with Crippen LogP contribution in [0.5, 0.6) is 0 Å². The summed E-state index contributed by atoms with van der Waals surface area (Å²) in [6.45, 7) is 3.53. The van der Waals surface area contributed by atoms with Crippen LogP contribution in [-0.4, -0.2) is 27.1 Å². The van der Waals surface area contributed by atoms with Crippen LogP contribution < -0.4 is 5.32 Å². The number of rotatable bonds is 4. The molecule has 98 valence electrons. The molecule has 0 bridgehead atoms. The van der Waals surface area contributed by atoms with E-state index in [2.05, 4.69) is 11.9 Å². The first-order valence-electron chi connectivity index (χ1n) is 4.83. The Bertz CT molecular complexity index is 596. The maximum atomic E-state index is 11.7. The van der Waals surface area contributed by atoms with Crippen molar-refractivity contribution >= 4 is 38.9 Å². The van der Waals surface area contributed by atoms with E-state index in [-0.39, 0.29) is 27.1 Å². The van der Waals surface area contributed by atoms with Crippen LogP contribution in [0, 0.1) is 0 Å². The van der Waals surface area contributed by atoms with Crippen LogP contribution in [0.15, 0.2) is 34.7 Å². The summed E-state index contributed by atoms with van der Waals surface area (Å²) in [5.74, 6) is -0.446. The van der Waals surface area contributed by atoms with Crippen LogP contribution in [0.25, 0.3) is 0 Å². The second kappa shape index (κ2) is 5.73. The summed E-state index contributed by atoms with van der Waals surface area (Å²) < 4.78 is 22.9. The molecule has 0 aromatic heterocycles. The van der Waals surface area contributed by atoms with Gasteiger partial charge in [-0.1, -0.05) is 29.8 Å². The maximum absolute atomic E-state index is 11.7. The van der Waals surface area contributed by atoms with Gasteiger partial charge in [0.05, 0.1) is 16.5 Å². The zero-order chi connectivity index (χ0) is 13.9. The van der Waals surface area contributed by atoms with Gasteiger partial charge in [0.25, 0.3) is 5.91 Å². The predicted octanol–water partition coefficient (Wildman–Crippen LogP) is 2.23. The van der Waals surface area contributed by atoms with Gasteiger partial charge in [0, 0.05) is 16.9 Å². The minimum Gasteiger partial charge on any atom is -0.347 e. The van der Waals surface area contributed by atoms with Crippen LogP contribution in [0.1, 0.15) is 10.4 Å². The van der Waals surface area contributed by atoms with Gasteiger partial charge in [-0.3, -0.25) is 4.79 Å². The van der Waals surface area contributed by atoms with E-state index in [4.69, 9.17) is 23.2 Å². The third-order valence-corrected chi connectivity index (χ3v) is 3.75. The number of hydrogen-bond acceptors (Lipinski definition) is 3. The van der Waals surface area contributed by atoms with E-state index in [0.29, 0.717) is 0 Å². The second-order valence-corrected chi connectivity index (χ2v) is 6.54. The Morgan fingerprint density at radius 2 is 2.06 bits per heavy atom. The van der Waals surface area contributed by atoms with Gasteiger partial charge < -0.3 is 5.32 Å². The summed E-state index contributed by atoms with van der Waals surface area (Å²) in [7, 11) is -3.48. The fraction of sp³-hybridized carbons (Fsp3) is 0.182. The van der Waals surface area contributed by atoms with Gasteiger partial charge in [0.2, 0.25) is 0 Å². The molecule has 0 heterocycles. The Kier molecular flexibility index (Phi) is 4.78. The van der Waals surface area contributed by atoms with Crippen molar-refractivity contribution in [2.24, 2.45) is 0 Å². The highest BCUT2D eigenvalue weighted by Crippen LogP contribution is 2.22. The van der Waals surface area contributed by atoms with Gasteiger partial charge in [-0.2, -0.15) is 0 Å². The molecule has 1 amide bonds. The molecule has 1 aromatic rings. The first kappa shape index (κ1) is 15.0. The van der Waals surface area contributed by atoms with Crippen molar-refractivity contribution in [2.45, 2.75) is 4.90 Å². The van der Waals surface area contributed by atoms with Crippen molar-refractivity contribution in [3.63, 3.8) is 0 Å². The van der Waals surface area contributed by atoms with Crippen LogP contribution >= 0.6 is 23.2 Å². The highest BCUT2D eigenvalue weighted by molar-refractivity contribution is 7.90. The SMILES string of the molecule is C=C(Cl)CNC(=O)c1ccc(Cl)c(S(C)(=O)=O)c1. The van der Waals surface area contributed by atoms with E-state index < -0.39 is 15.7 Å². The molecule has 0 saturated carbocycles. The molecule has 1 rings (SSSR count). The lowest BCUT2D eigenvalue weighted by Crippen LogP contribution is -2.24. The Morgan fingerprint density at radius 3 is 2.56 bits per heavy atom. The van der Waals surface area contributed by atoms with Crippen molar-refractivity contribution in [2.75, 3.05) is 12.8 Å². The molecule has 0 atom stereocenters. The molecule has 4 nitrogen and oxygen atoms in total. The van der Waals surface area contributed by atoms with E-state index >= 15 is 0 Å². The monoisotopic (exact) mass is 307 g/mol. The zero-order valence-electron chi connectivity index (χ0n) is 9.54. The van der Waals surface area contributed by atoms with Gasteiger partial charge in [-0.15, -0.1) is 0 Å². The topological polar surface area (TPSA) is 63.2 Å². The summed E-state index contributed by atoms with van der Waals surface area (Å²) in [5, 5.41) is 2.85. The number of nitrogens with one attached hydrogen (secondary N) is 1. The van der Waals surface area contributed by atoms with E-state index in [1.165, 1.54) is 18.2 Å². The van der Waals surface area contributed by atoms with E-state index in [9.17, 15) is 13.2 Å². The lowest BCUT2D eigenvalue weighted by Gasteiger charge is -2.07. The van der Waals surface area contributed by atoms with Crippen molar-refractivity contribution in [3.05, 3.63) is 40.4 Å². The molecule has 0 unspecified atom stereocenters. The van der Waals surface area contributed by atoms with E-state index in [1.54, 1.807) is 0 Å². The van der Waals surface area contributed by atoms with Gasteiger partial charge in [0.1, 0.15) is 0 Å². The minimum atomic E-state index is -3.48. The lowest BCUT2D eigenvalue weighted by atomic mass is 10.2. The fourth-order valence-corrected chi connectivity index (χ4v) is 2.58. The van der Waals surface area contributed by atoms with Gasteiger partial charge in [-0.25, -0.2) is 8.42 Å². The van der Waals surface area contributed by atoms with Gasteiger partial charge in [0.15, 0.2) is 9.84 Å². The molecule has 0 aliphatic heterocycles. The van der Waals surface area contributed by atoms with Crippen LogP contribution in [0.3, 0.4) is 0 Å². The van der Waals surface area contributed by atoms with Crippen molar-refractivity contribution in [1.82, 2.24) is 5.32 Å². The molecule has 0 aliphatic carbocycles. The summed E-state index contributed by atoms with van der Waals surface area (Å²) in [4.78, 5) is 11.6. The summed E-state index contributed by atoms with van der Waals surface area (Å²) >= 11 is 11.3. The first-order valence-corrected chi connectivity index (χ1v) is 7.47. The van der Waals surface area contributed by atoms with Gasteiger partial charge in [-0.05, 0) is 18.2 Å². The quantitative estimate of drug-likeness (QED) is 0.927. The smallest absolute Gasteiger partial charge is 0.251 e. The Hall–Kier alpha value is -1.04. The summed E-state index contributed by atoms with van der Waals surface area (Å²) in [6.07, 6.45) is 1.02. The largest absolute Gasteiger partial charge is 0.347 e. The fourth-order valence-electron chi connectivity index (χ4n) is 1.21. The molecule has 18 heavy (non-hydrogen) atoms. The molecule has 1 N–H and O–H groups in total. The number of carbonyl (C=O) groups excluding carboxylic acids is 1. The molecule has 7 heteroatoms. The third kappa shape index (κ3) is 4.01. The predicted molar refractivity (Wildman–Crippen MR) is 71.9 cm³/mol. The molecule has 0 spiro atoms. The van der Waals surface area contributed by atoms with Crippen LogP contribution in [0.4, 0.5) is 0 Å². The number of benzene rings is 1. The average molecular weight is 308 g/mol. The number of halogens is 2. The summed E-state index contributed by atoms with van der Waals surface area (Å²) in [6, 6.07) is 4.02. The lowest BCUT2D eigenvalue weighted by molar-refractivity contribution is 0.0957. The minimum absolute atomic E-state index is 0.0794. The third-order valence-electron chi connectivity index (χ3n) is 2.03. The Labute approximate surface area is 116 Å². The number of hydrogen-bond donors (Lipinski definition) is 1.